The van der Waals surface area contributed by atoms with Crippen LogP contribution in [0.3, 0.4) is 0 Å². The highest BCUT2D eigenvalue weighted by molar-refractivity contribution is 7.89. The summed E-state index contributed by atoms with van der Waals surface area (Å²) in [4.78, 5) is 13.2. The summed E-state index contributed by atoms with van der Waals surface area (Å²) >= 11 is 0. The van der Waals surface area contributed by atoms with Crippen molar-refractivity contribution in [1.29, 1.82) is 0 Å². The number of amides is 1. The number of benzene rings is 3. The van der Waals surface area contributed by atoms with Crippen molar-refractivity contribution < 1.29 is 17.9 Å². The van der Waals surface area contributed by atoms with Crippen LogP contribution >= 0.6 is 0 Å². The van der Waals surface area contributed by atoms with Gasteiger partial charge >= 0.3 is 0 Å². The zero-order chi connectivity index (χ0) is 23.3. The van der Waals surface area contributed by atoms with Crippen LogP contribution in [-0.4, -0.2) is 32.3 Å². The second-order valence-corrected chi connectivity index (χ2v) is 9.61. The average molecular weight is 453 g/mol. The number of nitrogens with one attached hydrogen (secondary N) is 1. The fraction of sp³-hybridized carbons (Fsp3) is 0.240. The smallest absolute Gasteiger partial charge is 0.244 e. The Morgan fingerprint density at radius 3 is 2.16 bits per heavy atom. The molecule has 0 aliphatic carbocycles. The zero-order valence-corrected chi connectivity index (χ0v) is 19.6. The number of para-hydroxylation sites is 2. The van der Waals surface area contributed by atoms with Gasteiger partial charge in [0.25, 0.3) is 0 Å². The molecule has 0 aliphatic heterocycles. The number of hydrogen-bond donors (Lipinski definition) is 1. The van der Waals surface area contributed by atoms with Crippen LogP contribution in [0, 0.1) is 20.8 Å². The Balaban J connectivity index is 1.96. The summed E-state index contributed by atoms with van der Waals surface area (Å²) in [6, 6.07) is 19.9. The van der Waals surface area contributed by atoms with E-state index in [2.05, 4.69) is 5.32 Å². The molecule has 1 N–H and O–H groups in total. The minimum absolute atomic E-state index is 0.0786. The van der Waals surface area contributed by atoms with Crippen molar-refractivity contribution in [3.8, 4) is 5.75 Å². The summed E-state index contributed by atoms with van der Waals surface area (Å²) < 4.78 is 33.9. The Labute approximate surface area is 189 Å². The number of methoxy groups -OCH3 is 1. The molecule has 0 radical (unpaired) electrons. The molecular weight excluding hydrogens is 424 g/mol. The Morgan fingerprint density at radius 1 is 0.938 bits per heavy atom. The maximum Gasteiger partial charge on any atom is 0.244 e. The van der Waals surface area contributed by atoms with Crippen molar-refractivity contribution in [2.75, 3.05) is 19.0 Å². The molecule has 3 rings (SSSR count). The van der Waals surface area contributed by atoms with Gasteiger partial charge in [0.05, 0.1) is 24.2 Å². The van der Waals surface area contributed by atoms with Gasteiger partial charge in [0.1, 0.15) is 5.75 Å². The van der Waals surface area contributed by atoms with Gasteiger partial charge in [-0.1, -0.05) is 60.2 Å². The molecule has 0 atom stereocenters. The maximum atomic E-state index is 13.7. The average Bonchev–Trinajstić information content (AvgIpc) is 2.73. The van der Waals surface area contributed by atoms with E-state index in [-0.39, 0.29) is 18.0 Å². The van der Waals surface area contributed by atoms with Gasteiger partial charge in [-0.2, -0.15) is 4.31 Å². The molecule has 3 aromatic carbocycles. The van der Waals surface area contributed by atoms with E-state index >= 15 is 0 Å². The molecule has 32 heavy (non-hydrogen) atoms. The minimum Gasteiger partial charge on any atom is -0.495 e. The van der Waals surface area contributed by atoms with Crippen LogP contribution in [0.15, 0.2) is 71.6 Å². The molecule has 0 saturated heterocycles. The molecule has 7 heteroatoms. The summed E-state index contributed by atoms with van der Waals surface area (Å²) in [7, 11) is -2.43. The van der Waals surface area contributed by atoms with Crippen LogP contribution in [0.5, 0.6) is 5.75 Å². The molecule has 0 aromatic heterocycles. The van der Waals surface area contributed by atoms with E-state index in [1.807, 2.05) is 49.4 Å². The van der Waals surface area contributed by atoms with Gasteiger partial charge in [0, 0.05) is 6.54 Å². The van der Waals surface area contributed by atoms with E-state index in [0.717, 1.165) is 11.1 Å². The monoisotopic (exact) mass is 452 g/mol. The highest BCUT2D eigenvalue weighted by Gasteiger charge is 2.30. The molecule has 0 aliphatic rings. The molecular formula is C25H28N2O4S. The lowest BCUT2D eigenvalue weighted by Crippen LogP contribution is -2.38. The van der Waals surface area contributed by atoms with Crippen LogP contribution in [0.25, 0.3) is 0 Å². The molecule has 0 unspecified atom stereocenters. The third-order valence-electron chi connectivity index (χ3n) is 5.11. The maximum absolute atomic E-state index is 13.7. The summed E-state index contributed by atoms with van der Waals surface area (Å²) in [5.41, 5.74) is 3.59. The zero-order valence-electron chi connectivity index (χ0n) is 18.8. The van der Waals surface area contributed by atoms with Crippen molar-refractivity contribution in [2.45, 2.75) is 32.2 Å². The van der Waals surface area contributed by atoms with Gasteiger partial charge in [-0.25, -0.2) is 8.42 Å². The summed E-state index contributed by atoms with van der Waals surface area (Å²) in [5.74, 6) is 0.0555. The number of ether oxygens (including phenoxy) is 1. The summed E-state index contributed by atoms with van der Waals surface area (Å²) in [6.07, 6.45) is 0. The van der Waals surface area contributed by atoms with E-state index in [1.54, 1.807) is 38.1 Å². The van der Waals surface area contributed by atoms with E-state index in [0.29, 0.717) is 22.6 Å². The fourth-order valence-corrected chi connectivity index (χ4v) is 5.61. The number of aryl methyl sites for hydroxylation is 3. The first kappa shape index (κ1) is 23.5. The van der Waals surface area contributed by atoms with Crippen molar-refractivity contribution in [2.24, 2.45) is 0 Å². The first-order chi connectivity index (χ1) is 15.2. The Morgan fingerprint density at radius 2 is 1.53 bits per heavy atom. The highest BCUT2D eigenvalue weighted by atomic mass is 32.2. The lowest BCUT2D eigenvalue weighted by atomic mass is 10.1. The lowest BCUT2D eigenvalue weighted by Gasteiger charge is -2.24. The summed E-state index contributed by atoms with van der Waals surface area (Å²) in [5, 5.41) is 2.77. The van der Waals surface area contributed by atoms with Gasteiger partial charge in [-0.05, 0) is 49.6 Å². The Bertz CT molecular complexity index is 1180. The largest absolute Gasteiger partial charge is 0.495 e. The van der Waals surface area contributed by atoms with E-state index in [1.165, 1.54) is 11.4 Å². The number of hydrogen-bond acceptors (Lipinski definition) is 4. The number of anilines is 1. The second-order valence-electron chi connectivity index (χ2n) is 7.73. The highest BCUT2D eigenvalue weighted by Crippen LogP contribution is 2.27. The van der Waals surface area contributed by atoms with Crippen LogP contribution in [0.1, 0.15) is 22.3 Å². The third-order valence-corrected chi connectivity index (χ3v) is 7.20. The van der Waals surface area contributed by atoms with E-state index in [4.69, 9.17) is 4.74 Å². The van der Waals surface area contributed by atoms with Gasteiger partial charge in [0.15, 0.2) is 0 Å². The standard InChI is InChI=1S/C25H28N2O4S/c1-18-14-19(2)25(20(3)15-18)32(29,30)27(16-21-10-6-5-7-11-21)17-24(28)26-22-12-8-9-13-23(22)31-4/h5-15H,16-17H2,1-4H3,(H,26,28). The quantitative estimate of drug-likeness (QED) is 0.548. The topological polar surface area (TPSA) is 75.7 Å². The fourth-order valence-electron chi connectivity index (χ4n) is 3.81. The predicted octanol–water partition coefficient (Wildman–Crippen LogP) is 4.45. The number of carbonyl (C=O) groups excluding carboxylic acids is 1. The molecule has 0 spiro atoms. The van der Waals surface area contributed by atoms with Gasteiger partial charge in [-0.3, -0.25) is 4.79 Å². The summed E-state index contributed by atoms with van der Waals surface area (Å²) in [6.45, 7) is 5.24. The van der Waals surface area contributed by atoms with Crippen molar-refractivity contribution >= 4 is 21.6 Å². The molecule has 3 aromatic rings. The van der Waals surface area contributed by atoms with Crippen LogP contribution in [0.2, 0.25) is 0 Å². The van der Waals surface area contributed by atoms with Gasteiger partial charge in [0.2, 0.25) is 15.9 Å². The molecule has 1 amide bonds. The molecule has 168 valence electrons. The van der Waals surface area contributed by atoms with Gasteiger partial charge in [-0.15, -0.1) is 0 Å². The second kappa shape index (κ2) is 9.97. The van der Waals surface area contributed by atoms with E-state index < -0.39 is 15.9 Å². The molecule has 0 bridgehead atoms. The number of sulfonamides is 1. The number of carbonyl (C=O) groups is 1. The molecule has 0 saturated carbocycles. The first-order valence-corrected chi connectivity index (χ1v) is 11.7. The lowest BCUT2D eigenvalue weighted by molar-refractivity contribution is -0.116. The first-order valence-electron chi connectivity index (χ1n) is 10.3. The van der Waals surface area contributed by atoms with Crippen LogP contribution < -0.4 is 10.1 Å². The molecule has 0 fully saturated rings. The van der Waals surface area contributed by atoms with Crippen molar-refractivity contribution in [3.63, 3.8) is 0 Å². The Kier molecular flexibility index (Phi) is 7.33. The van der Waals surface area contributed by atoms with E-state index in [9.17, 15) is 13.2 Å². The Hall–Kier alpha value is -3.16. The third kappa shape index (κ3) is 5.36. The molecule has 6 nitrogen and oxygen atoms in total. The normalized spacial score (nSPS) is 11.4. The van der Waals surface area contributed by atoms with Crippen molar-refractivity contribution in [3.05, 3.63) is 89.0 Å². The number of rotatable bonds is 8. The number of nitrogens with zero attached hydrogens (tertiary/aromatic N) is 1. The SMILES string of the molecule is COc1ccccc1NC(=O)CN(Cc1ccccc1)S(=O)(=O)c1c(C)cc(C)cc1C. The molecule has 0 heterocycles. The van der Waals surface area contributed by atoms with Crippen LogP contribution in [-0.2, 0) is 21.4 Å². The van der Waals surface area contributed by atoms with Crippen molar-refractivity contribution in [1.82, 2.24) is 4.31 Å². The minimum atomic E-state index is -3.94. The van der Waals surface area contributed by atoms with Crippen LogP contribution in [0.4, 0.5) is 5.69 Å². The van der Waals surface area contributed by atoms with Gasteiger partial charge < -0.3 is 10.1 Å². The predicted molar refractivity (Wildman–Crippen MR) is 126 cm³/mol.